The van der Waals surface area contributed by atoms with Crippen molar-refractivity contribution in [1.82, 2.24) is 10.6 Å². The minimum atomic E-state index is 0. The predicted octanol–water partition coefficient (Wildman–Crippen LogP) is 3.30. The van der Waals surface area contributed by atoms with Crippen LogP contribution in [-0.2, 0) is 11.2 Å². The van der Waals surface area contributed by atoms with E-state index in [1.807, 2.05) is 6.07 Å². The second kappa shape index (κ2) is 10.6. The van der Waals surface area contributed by atoms with Crippen LogP contribution in [0.4, 0.5) is 0 Å². The van der Waals surface area contributed by atoms with Crippen LogP contribution in [0.1, 0.15) is 24.6 Å². The van der Waals surface area contributed by atoms with Crippen LogP contribution in [0.2, 0.25) is 4.34 Å². The average Bonchev–Trinajstić information content (AvgIpc) is 3.08. The molecule has 1 fully saturated rings. The summed E-state index contributed by atoms with van der Waals surface area (Å²) in [6, 6.07) is 4.02. The summed E-state index contributed by atoms with van der Waals surface area (Å²) in [5, 5.41) is 6.61. The highest BCUT2D eigenvalue weighted by Crippen LogP contribution is 2.21. The van der Waals surface area contributed by atoms with E-state index in [1.165, 1.54) is 4.88 Å². The molecule has 1 aliphatic heterocycles. The van der Waals surface area contributed by atoms with Gasteiger partial charge in [-0.2, -0.15) is 0 Å². The van der Waals surface area contributed by atoms with Crippen molar-refractivity contribution < 1.29 is 4.74 Å². The summed E-state index contributed by atoms with van der Waals surface area (Å²) < 4.78 is 6.43. The minimum absolute atomic E-state index is 0. The zero-order valence-corrected chi connectivity index (χ0v) is 16.1. The van der Waals surface area contributed by atoms with E-state index in [4.69, 9.17) is 16.3 Å². The molecule has 2 rings (SSSR count). The molecule has 0 aromatic carbocycles. The van der Waals surface area contributed by atoms with Crippen LogP contribution in [0.15, 0.2) is 17.1 Å². The number of nitrogens with zero attached hydrogens (tertiary/aromatic N) is 1. The summed E-state index contributed by atoms with van der Waals surface area (Å²) >= 11 is 7.55. The molecule has 21 heavy (non-hydrogen) atoms. The fourth-order valence-corrected chi connectivity index (χ4v) is 3.20. The molecule has 1 atom stereocenters. The Labute approximate surface area is 152 Å². The molecule has 1 aliphatic rings. The van der Waals surface area contributed by atoms with Gasteiger partial charge in [0.2, 0.25) is 0 Å². The standard InChI is InChI=1S/C14H22ClN3OS.HI/c1-2-16-14(18-10-11-4-3-9-19-11)17-8-7-12-5-6-13(15)20-12;/h5-6,11H,2-4,7-10H2,1H3,(H2,16,17,18);1H. The minimum Gasteiger partial charge on any atom is -0.376 e. The molecule has 1 saturated heterocycles. The van der Waals surface area contributed by atoms with E-state index < -0.39 is 0 Å². The summed E-state index contributed by atoms with van der Waals surface area (Å²) in [5.41, 5.74) is 0. The number of guanidine groups is 1. The van der Waals surface area contributed by atoms with Crippen LogP contribution >= 0.6 is 46.9 Å². The van der Waals surface area contributed by atoms with E-state index in [0.717, 1.165) is 55.8 Å². The van der Waals surface area contributed by atoms with Gasteiger partial charge in [0.05, 0.1) is 17.0 Å². The number of ether oxygens (including phenoxy) is 1. The Hall–Kier alpha value is -0.0500. The molecule has 2 heterocycles. The van der Waals surface area contributed by atoms with Crippen molar-refractivity contribution in [1.29, 1.82) is 0 Å². The van der Waals surface area contributed by atoms with Gasteiger partial charge in [-0.15, -0.1) is 35.3 Å². The highest BCUT2D eigenvalue weighted by atomic mass is 127. The maximum absolute atomic E-state index is 5.92. The average molecular weight is 444 g/mol. The van der Waals surface area contributed by atoms with E-state index in [1.54, 1.807) is 11.3 Å². The molecule has 0 radical (unpaired) electrons. The van der Waals surface area contributed by atoms with Crippen molar-refractivity contribution in [3.63, 3.8) is 0 Å². The van der Waals surface area contributed by atoms with Crippen molar-refractivity contribution in [2.45, 2.75) is 32.3 Å². The molecule has 120 valence electrons. The maximum atomic E-state index is 5.92. The van der Waals surface area contributed by atoms with Crippen LogP contribution in [0.3, 0.4) is 0 Å². The van der Waals surface area contributed by atoms with Crippen LogP contribution < -0.4 is 10.6 Å². The first-order valence-corrected chi connectivity index (χ1v) is 8.35. The lowest BCUT2D eigenvalue weighted by atomic mass is 10.2. The van der Waals surface area contributed by atoms with Crippen molar-refractivity contribution in [2.24, 2.45) is 4.99 Å². The van der Waals surface area contributed by atoms with Gasteiger partial charge in [0, 0.05) is 24.6 Å². The molecule has 1 aromatic rings. The van der Waals surface area contributed by atoms with Gasteiger partial charge in [0.1, 0.15) is 0 Å². The molecular formula is C14H23ClIN3OS. The van der Waals surface area contributed by atoms with Gasteiger partial charge in [0.15, 0.2) is 5.96 Å². The van der Waals surface area contributed by atoms with Crippen molar-refractivity contribution >= 4 is 52.9 Å². The Morgan fingerprint density at radius 1 is 1.48 bits per heavy atom. The summed E-state index contributed by atoms with van der Waals surface area (Å²) in [5.74, 6) is 0.866. The predicted molar refractivity (Wildman–Crippen MR) is 101 cm³/mol. The normalized spacial score (nSPS) is 18.4. The largest absolute Gasteiger partial charge is 0.376 e. The Bertz CT molecular complexity index is 436. The third kappa shape index (κ3) is 7.17. The third-order valence-corrected chi connectivity index (χ3v) is 4.40. The van der Waals surface area contributed by atoms with Gasteiger partial charge < -0.3 is 15.4 Å². The second-order valence-corrected chi connectivity index (χ2v) is 6.54. The number of hydrogen-bond acceptors (Lipinski definition) is 3. The van der Waals surface area contributed by atoms with Crippen LogP contribution in [0.25, 0.3) is 0 Å². The zero-order chi connectivity index (χ0) is 14.2. The Balaban J connectivity index is 0.00000220. The molecular weight excluding hydrogens is 421 g/mol. The summed E-state index contributed by atoms with van der Waals surface area (Å²) in [4.78, 5) is 5.87. The quantitative estimate of drug-likeness (QED) is 0.403. The Morgan fingerprint density at radius 3 is 2.95 bits per heavy atom. The lowest BCUT2D eigenvalue weighted by molar-refractivity contribution is 0.117. The summed E-state index contributed by atoms with van der Waals surface area (Å²) in [6.07, 6.45) is 3.53. The number of rotatable bonds is 6. The van der Waals surface area contributed by atoms with Gasteiger partial charge in [0.25, 0.3) is 0 Å². The maximum Gasteiger partial charge on any atom is 0.191 e. The highest BCUT2D eigenvalue weighted by molar-refractivity contribution is 14.0. The molecule has 1 aromatic heterocycles. The molecule has 7 heteroatoms. The number of halogens is 2. The van der Waals surface area contributed by atoms with Crippen molar-refractivity contribution in [2.75, 3.05) is 26.2 Å². The highest BCUT2D eigenvalue weighted by Gasteiger charge is 2.14. The smallest absolute Gasteiger partial charge is 0.191 e. The first-order chi connectivity index (χ1) is 9.78. The van der Waals surface area contributed by atoms with Crippen molar-refractivity contribution in [3.8, 4) is 0 Å². The molecule has 0 spiro atoms. The van der Waals surface area contributed by atoms with E-state index in [9.17, 15) is 0 Å². The zero-order valence-electron chi connectivity index (χ0n) is 12.2. The number of nitrogens with one attached hydrogen (secondary N) is 2. The Morgan fingerprint density at radius 2 is 2.33 bits per heavy atom. The Kier molecular flexibility index (Phi) is 9.62. The topological polar surface area (TPSA) is 45.7 Å². The van der Waals surface area contributed by atoms with E-state index in [-0.39, 0.29) is 24.0 Å². The molecule has 2 N–H and O–H groups in total. The number of aliphatic imine (C=N–C) groups is 1. The first kappa shape index (κ1) is 19.0. The number of thiophene rings is 1. The van der Waals surface area contributed by atoms with Crippen molar-refractivity contribution in [3.05, 3.63) is 21.3 Å². The van der Waals surface area contributed by atoms with Gasteiger partial charge >= 0.3 is 0 Å². The molecule has 4 nitrogen and oxygen atoms in total. The van der Waals surface area contributed by atoms with Crippen LogP contribution in [0.5, 0.6) is 0 Å². The van der Waals surface area contributed by atoms with Crippen LogP contribution in [-0.4, -0.2) is 38.3 Å². The van der Waals surface area contributed by atoms with Crippen LogP contribution in [0, 0.1) is 0 Å². The van der Waals surface area contributed by atoms with E-state index in [2.05, 4.69) is 28.6 Å². The molecule has 0 aliphatic carbocycles. The van der Waals surface area contributed by atoms with Gasteiger partial charge in [-0.25, -0.2) is 0 Å². The third-order valence-electron chi connectivity index (χ3n) is 3.11. The van der Waals surface area contributed by atoms with E-state index >= 15 is 0 Å². The molecule has 0 amide bonds. The monoisotopic (exact) mass is 443 g/mol. The fraction of sp³-hybridized carbons (Fsp3) is 0.643. The van der Waals surface area contributed by atoms with Gasteiger partial charge in [-0.3, -0.25) is 4.99 Å². The van der Waals surface area contributed by atoms with E-state index in [0.29, 0.717) is 6.10 Å². The van der Waals surface area contributed by atoms with Gasteiger partial charge in [-0.05, 0) is 38.3 Å². The summed E-state index contributed by atoms with van der Waals surface area (Å²) in [6.45, 7) is 5.40. The summed E-state index contributed by atoms with van der Waals surface area (Å²) in [7, 11) is 0. The molecule has 1 unspecified atom stereocenters. The van der Waals surface area contributed by atoms with Gasteiger partial charge in [-0.1, -0.05) is 11.6 Å². The fourth-order valence-electron chi connectivity index (χ4n) is 2.11. The second-order valence-electron chi connectivity index (χ2n) is 4.74. The molecule has 0 bridgehead atoms. The SMILES string of the molecule is CCNC(=NCC1CCCO1)NCCc1ccc(Cl)s1.I. The number of hydrogen-bond donors (Lipinski definition) is 2. The lowest BCUT2D eigenvalue weighted by Gasteiger charge is -2.12. The lowest BCUT2D eigenvalue weighted by Crippen LogP contribution is -2.38. The first-order valence-electron chi connectivity index (χ1n) is 7.16. The molecule has 0 saturated carbocycles.